The minimum Gasteiger partial charge on any atom is -0.390 e. The van der Waals surface area contributed by atoms with Gasteiger partial charge >= 0.3 is 0 Å². The number of aliphatic hydroxyl groups excluding tert-OH is 1. The van der Waals surface area contributed by atoms with Gasteiger partial charge in [-0.2, -0.15) is 0 Å². The second-order valence-corrected chi connectivity index (χ2v) is 5.79. The maximum Gasteiger partial charge on any atom is 0.0894 e. The van der Waals surface area contributed by atoms with E-state index in [-0.39, 0.29) is 6.61 Å². The number of pyridine rings is 1. The molecule has 3 nitrogen and oxygen atoms in total. The number of hydrogen-bond acceptors (Lipinski definition) is 3. The van der Waals surface area contributed by atoms with Crippen LogP contribution in [0.1, 0.15) is 30.0 Å². The molecule has 84 valence electrons. The van der Waals surface area contributed by atoms with Crippen molar-refractivity contribution in [2.45, 2.75) is 25.4 Å². The Morgan fingerprint density at radius 2 is 2.31 bits per heavy atom. The Bertz CT molecular complexity index is 536. The van der Waals surface area contributed by atoms with Gasteiger partial charge in [-0.3, -0.25) is 8.96 Å². The average Bonchev–Trinajstić information content (AvgIpc) is 3.09. The molecule has 0 aliphatic heterocycles. The smallest absolute Gasteiger partial charge is 0.0894 e. The third-order valence-electron chi connectivity index (χ3n) is 2.98. The van der Waals surface area contributed by atoms with Crippen LogP contribution >= 0.6 is 30.3 Å². The van der Waals surface area contributed by atoms with Gasteiger partial charge in [0.25, 0.3) is 0 Å². The molecule has 1 fully saturated rings. The van der Waals surface area contributed by atoms with Gasteiger partial charge in [-0.25, -0.2) is 0 Å². The molecule has 0 amide bonds. The highest BCUT2D eigenvalue weighted by atomic mass is 127. The first kappa shape index (κ1) is 10.9. The molecule has 2 aromatic rings. The molecule has 2 aromatic heterocycles. The highest BCUT2D eigenvalue weighted by Gasteiger charge is 2.24. The highest BCUT2D eigenvalue weighted by molar-refractivity contribution is 14.2. The van der Waals surface area contributed by atoms with Crippen LogP contribution in [0.2, 0.25) is 0 Å². The highest BCUT2D eigenvalue weighted by Crippen LogP contribution is 2.41. The lowest BCUT2D eigenvalue weighted by Gasteiger charge is -2.03. The number of aliphatic hydroxyl groups is 1. The molecule has 0 unspecified atom stereocenters. The monoisotopic (exact) mass is 346 g/mol. The first-order valence-corrected chi connectivity index (χ1v) is 8.55. The van der Waals surface area contributed by atoms with E-state index in [1.165, 1.54) is 18.4 Å². The molecule has 2 heterocycles. The Hall–Kier alpha value is -0.270. The zero-order chi connectivity index (χ0) is 11.1. The molecule has 0 atom stereocenters. The summed E-state index contributed by atoms with van der Waals surface area (Å²) >= 11 is 2.23. The minimum atomic E-state index is 0.0606. The van der Waals surface area contributed by atoms with Crippen LogP contribution in [-0.4, -0.2) is 14.1 Å². The van der Waals surface area contributed by atoms with E-state index in [4.69, 9.17) is 0 Å². The number of fused-ring (bicyclic) bond motifs is 1. The number of nitrogens with zero attached hydrogens (tertiary/aromatic N) is 2. The van der Waals surface area contributed by atoms with Gasteiger partial charge in [-0.15, -0.1) is 0 Å². The number of aromatic nitrogens is 2. The summed E-state index contributed by atoms with van der Waals surface area (Å²) in [7, 11) is 1.58. The summed E-state index contributed by atoms with van der Waals surface area (Å²) in [6.07, 6.45) is 4.56. The van der Waals surface area contributed by atoms with Gasteiger partial charge in [0.05, 0.1) is 23.3 Å². The van der Waals surface area contributed by atoms with E-state index in [1.54, 1.807) is 9.12 Å². The van der Waals surface area contributed by atoms with Gasteiger partial charge in [-0.1, -0.05) is 0 Å². The van der Waals surface area contributed by atoms with Crippen LogP contribution in [0.3, 0.4) is 0 Å². The van der Waals surface area contributed by atoms with Crippen LogP contribution in [0.15, 0.2) is 18.3 Å². The van der Waals surface area contributed by atoms with Crippen molar-refractivity contribution >= 4 is 41.4 Å². The van der Waals surface area contributed by atoms with Crippen molar-refractivity contribution < 1.29 is 5.11 Å². The lowest BCUT2D eigenvalue weighted by molar-refractivity contribution is 0.277. The van der Waals surface area contributed by atoms with E-state index < -0.39 is 0 Å². The zero-order valence-corrected chi connectivity index (χ0v) is 11.5. The average molecular weight is 346 g/mol. The minimum absolute atomic E-state index is 0.0606. The van der Waals surface area contributed by atoms with Gasteiger partial charge in [0.2, 0.25) is 0 Å². The second-order valence-electron chi connectivity index (χ2n) is 4.10. The van der Waals surface area contributed by atoms with Crippen LogP contribution in [0, 0.1) is 0 Å². The van der Waals surface area contributed by atoms with Crippen LogP contribution in [0.4, 0.5) is 0 Å². The van der Waals surface area contributed by atoms with E-state index >= 15 is 0 Å². The molecule has 1 aliphatic carbocycles. The summed E-state index contributed by atoms with van der Waals surface area (Å²) < 4.78 is 2.05. The molecule has 0 spiro atoms. The predicted molar refractivity (Wildman–Crippen MR) is 74.6 cm³/mol. The van der Waals surface area contributed by atoms with Crippen molar-refractivity contribution in [3.63, 3.8) is 0 Å². The van der Waals surface area contributed by atoms with Crippen LogP contribution < -0.4 is 0 Å². The van der Waals surface area contributed by atoms with Gasteiger partial charge < -0.3 is 5.11 Å². The fraction of sp³-hybridized carbons (Fsp3) is 0.364. The molecule has 0 radical (unpaired) electrons. The van der Waals surface area contributed by atoms with Crippen molar-refractivity contribution in [1.82, 2.24) is 8.96 Å². The number of hydrogen-bond donors (Lipinski definition) is 1. The SMILES string of the molecule is OCc1cc2ncc(C3CC3)cc2n1SI. The van der Waals surface area contributed by atoms with Gasteiger partial charge in [-0.05, 0) is 36.5 Å². The lowest BCUT2D eigenvalue weighted by Crippen LogP contribution is -1.92. The lowest BCUT2D eigenvalue weighted by atomic mass is 10.2. The number of halogens is 1. The largest absolute Gasteiger partial charge is 0.390 e. The van der Waals surface area contributed by atoms with Crippen LogP contribution in [0.5, 0.6) is 0 Å². The Labute approximate surface area is 110 Å². The quantitative estimate of drug-likeness (QED) is 0.867. The Morgan fingerprint density at radius 1 is 1.50 bits per heavy atom. The van der Waals surface area contributed by atoms with Gasteiger partial charge in [0, 0.05) is 36.5 Å². The summed E-state index contributed by atoms with van der Waals surface area (Å²) in [4.78, 5) is 4.47. The fourth-order valence-corrected chi connectivity index (χ4v) is 3.77. The molecular weight excluding hydrogens is 335 g/mol. The van der Waals surface area contributed by atoms with Crippen molar-refractivity contribution in [3.05, 3.63) is 29.6 Å². The number of rotatable bonds is 3. The molecule has 0 bridgehead atoms. The van der Waals surface area contributed by atoms with Crippen LogP contribution in [0.25, 0.3) is 11.0 Å². The summed E-state index contributed by atoms with van der Waals surface area (Å²) in [5.41, 5.74) is 4.34. The summed E-state index contributed by atoms with van der Waals surface area (Å²) in [5, 5.41) is 9.28. The summed E-state index contributed by atoms with van der Waals surface area (Å²) in [6, 6.07) is 4.17. The molecule has 16 heavy (non-hydrogen) atoms. The summed E-state index contributed by atoms with van der Waals surface area (Å²) in [5.74, 6) is 0.719. The Kier molecular flexibility index (Phi) is 2.85. The molecule has 0 saturated heterocycles. The van der Waals surface area contributed by atoms with E-state index in [1.807, 2.05) is 12.3 Å². The van der Waals surface area contributed by atoms with E-state index in [2.05, 4.69) is 36.2 Å². The van der Waals surface area contributed by atoms with Crippen molar-refractivity contribution in [2.24, 2.45) is 0 Å². The van der Waals surface area contributed by atoms with E-state index in [9.17, 15) is 5.11 Å². The van der Waals surface area contributed by atoms with Gasteiger partial charge in [0.15, 0.2) is 0 Å². The normalized spacial score (nSPS) is 15.9. The standard InChI is InChI=1S/C11H11IN2OS/c12-16-14-9(6-15)4-10-11(14)3-8(5-13-10)7-1-2-7/h3-5,7,15H,1-2,6H2. The van der Waals surface area contributed by atoms with Crippen molar-refractivity contribution in [3.8, 4) is 0 Å². The molecule has 1 aliphatic rings. The molecule has 1 N–H and O–H groups in total. The van der Waals surface area contributed by atoms with Crippen molar-refractivity contribution in [2.75, 3.05) is 0 Å². The van der Waals surface area contributed by atoms with Crippen LogP contribution in [-0.2, 0) is 6.61 Å². The maximum absolute atomic E-state index is 9.28. The van der Waals surface area contributed by atoms with Gasteiger partial charge in [0.1, 0.15) is 0 Å². The first-order chi connectivity index (χ1) is 7.83. The fourth-order valence-electron chi connectivity index (χ4n) is 1.96. The Balaban J connectivity index is 2.19. The molecule has 5 heteroatoms. The third kappa shape index (κ3) is 1.74. The van der Waals surface area contributed by atoms with E-state index in [0.717, 1.165) is 22.6 Å². The predicted octanol–water partition coefficient (Wildman–Crippen LogP) is 3.25. The summed E-state index contributed by atoms with van der Waals surface area (Å²) in [6.45, 7) is 0.0606. The zero-order valence-electron chi connectivity index (χ0n) is 8.56. The molecular formula is C11H11IN2OS. The first-order valence-electron chi connectivity index (χ1n) is 5.23. The van der Waals surface area contributed by atoms with E-state index in [0.29, 0.717) is 0 Å². The molecule has 0 aromatic carbocycles. The third-order valence-corrected chi connectivity index (χ3v) is 4.73. The van der Waals surface area contributed by atoms with Crippen molar-refractivity contribution in [1.29, 1.82) is 0 Å². The maximum atomic E-state index is 9.28. The second kappa shape index (κ2) is 4.19. The molecule has 1 saturated carbocycles. The Morgan fingerprint density at radius 3 is 2.94 bits per heavy atom. The topological polar surface area (TPSA) is 38.1 Å². The molecule has 3 rings (SSSR count).